The van der Waals surface area contributed by atoms with E-state index in [0.717, 1.165) is 42.5 Å². The Hall–Kier alpha value is -1.53. The van der Waals surface area contributed by atoms with E-state index in [4.69, 9.17) is 4.74 Å². The first-order valence-corrected chi connectivity index (χ1v) is 8.41. The predicted molar refractivity (Wildman–Crippen MR) is 84.5 cm³/mol. The van der Waals surface area contributed by atoms with Gasteiger partial charge in [0.05, 0.1) is 13.2 Å². The van der Waals surface area contributed by atoms with E-state index >= 15 is 0 Å². The van der Waals surface area contributed by atoms with Crippen molar-refractivity contribution in [1.29, 1.82) is 0 Å². The molecular formula is C16H20FN3OS. The minimum atomic E-state index is -0.292. The third-order valence-corrected chi connectivity index (χ3v) is 4.66. The van der Waals surface area contributed by atoms with Gasteiger partial charge in [-0.25, -0.2) is 4.39 Å². The number of rotatable bonds is 5. The summed E-state index contributed by atoms with van der Waals surface area (Å²) in [5.74, 6) is 0.487. The first-order valence-electron chi connectivity index (χ1n) is 7.59. The highest BCUT2D eigenvalue weighted by Crippen LogP contribution is 2.22. The number of hydrogen-bond donors (Lipinski definition) is 0. The molecule has 0 amide bonds. The third kappa shape index (κ3) is 4.01. The Morgan fingerprint density at radius 3 is 3.00 bits per heavy atom. The average Bonchev–Trinajstić information content (AvgIpc) is 2.92. The minimum Gasteiger partial charge on any atom is -0.490 e. The van der Waals surface area contributed by atoms with E-state index in [0.29, 0.717) is 18.3 Å². The number of benzene rings is 1. The van der Waals surface area contributed by atoms with E-state index in [2.05, 4.69) is 15.1 Å². The summed E-state index contributed by atoms with van der Waals surface area (Å²) in [5.41, 5.74) is 0. The molecular weight excluding hydrogens is 301 g/mol. The summed E-state index contributed by atoms with van der Waals surface area (Å²) in [5, 5.41) is 10.3. The summed E-state index contributed by atoms with van der Waals surface area (Å²) < 4.78 is 19.2. The number of aryl methyl sites for hydroxylation is 1. The van der Waals surface area contributed by atoms with Crippen molar-refractivity contribution in [3.63, 3.8) is 0 Å². The first kappa shape index (κ1) is 15.4. The van der Waals surface area contributed by atoms with Crippen LogP contribution in [0.5, 0.6) is 5.75 Å². The molecule has 118 valence electrons. The molecule has 1 saturated heterocycles. The molecule has 6 heteroatoms. The monoisotopic (exact) mass is 321 g/mol. The van der Waals surface area contributed by atoms with Gasteiger partial charge in [-0.1, -0.05) is 12.1 Å². The molecule has 4 nitrogen and oxygen atoms in total. The lowest BCUT2D eigenvalue weighted by Crippen LogP contribution is -2.37. The summed E-state index contributed by atoms with van der Waals surface area (Å²) in [7, 11) is 0. The van der Waals surface area contributed by atoms with Crippen molar-refractivity contribution in [3.05, 3.63) is 40.1 Å². The van der Waals surface area contributed by atoms with Crippen LogP contribution in [0, 0.1) is 18.7 Å². The lowest BCUT2D eigenvalue weighted by atomic mass is 9.99. The van der Waals surface area contributed by atoms with Crippen molar-refractivity contribution < 1.29 is 9.13 Å². The van der Waals surface area contributed by atoms with Crippen LogP contribution < -0.4 is 4.74 Å². The Balaban J connectivity index is 1.51. The number of ether oxygens (including phenoxy) is 1. The second-order valence-electron chi connectivity index (χ2n) is 5.70. The van der Waals surface area contributed by atoms with Crippen molar-refractivity contribution >= 4 is 11.3 Å². The van der Waals surface area contributed by atoms with Gasteiger partial charge in [0, 0.05) is 12.5 Å². The van der Waals surface area contributed by atoms with Gasteiger partial charge in [0.2, 0.25) is 0 Å². The van der Waals surface area contributed by atoms with Crippen LogP contribution in [0.3, 0.4) is 0 Å². The van der Waals surface area contributed by atoms with E-state index < -0.39 is 0 Å². The van der Waals surface area contributed by atoms with Gasteiger partial charge in [-0.3, -0.25) is 4.90 Å². The second kappa shape index (κ2) is 7.15. The second-order valence-corrected chi connectivity index (χ2v) is 6.97. The molecule has 2 heterocycles. The normalized spacial score (nSPS) is 19.3. The number of para-hydroxylation sites is 1. The van der Waals surface area contributed by atoms with Crippen LogP contribution in [0.1, 0.15) is 22.9 Å². The molecule has 22 heavy (non-hydrogen) atoms. The topological polar surface area (TPSA) is 38.2 Å². The van der Waals surface area contributed by atoms with Gasteiger partial charge in [0.1, 0.15) is 10.0 Å². The number of likely N-dealkylation sites (tertiary alicyclic amines) is 1. The molecule has 1 atom stereocenters. The number of piperidine rings is 1. The Morgan fingerprint density at radius 2 is 2.23 bits per heavy atom. The number of nitrogens with zero attached hydrogens (tertiary/aromatic N) is 3. The number of halogens is 1. The maximum absolute atomic E-state index is 13.6. The van der Waals surface area contributed by atoms with Crippen molar-refractivity contribution in [3.8, 4) is 5.75 Å². The fourth-order valence-corrected chi connectivity index (χ4v) is 3.54. The molecule has 1 aliphatic heterocycles. The molecule has 0 unspecified atom stereocenters. The standard InChI is InChI=1S/C16H20FN3OS/c1-12-18-19-16(22-12)10-20-8-4-5-13(9-20)11-21-15-7-3-2-6-14(15)17/h2-3,6-7,13H,4-5,8-11H2,1H3/t13-/m0/s1. The van der Waals surface area contributed by atoms with Gasteiger partial charge < -0.3 is 4.74 Å². The Bertz CT molecular complexity index is 619. The van der Waals surface area contributed by atoms with Crippen molar-refractivity contribution in [2.45, 2.75) is 26.3 Å². The molecule has 0 aliphatic carbocycles. The fourth-order valence-electron chi connectivity index (χ4n) is 2.79. The highest BCUT2D eigenvalue weighted by molar-refractivity contribution is 7.11. The maximum atomic E-state index is 13.6. The molecule has 0 spiro atoms. The van der Waals surface area contributed by atoms with E-state index in [1.165, 1.54) is 6.07 Å². The van der Waals surface area contributed by atoms with Gasteiger partial charge in [-0.15, -0.1) is 21.5 Å². The van der Waals surface area contributed by atoms with Crippen molar-refractivity contribution in [1.82, 2.24) is 15.1 Å². The predicted octanol–water partition coefficient (Wildman–Crippen LogP) is 3.28. The number of hydrogen-bond acceptors (Lipinski definition) is 5. The Kier molecular flexibility index (Phi) is 5.00. The quantitative estimate of drug-likeness (QED) is 0.847. The van der Waals surface area contributed by atoms with Crippen LogP contribution in [0.15, 0.2) is 24.3 Å². The Labute approximate surface area is 133 Å². The van der Waals surface area contributed by atoms with Gasteiger partial charge in [-0.2, -0.15) is 0 Å². The highest BCUT2D eigenvalue weighted by atomic mass is 32.1. The maximum Gasteiger partial charge on any atom is 0.165 e. The van der Waals surface area contributed by atoms with Crippen LogP contribution in [-0.2, 0) is 6.54 Å². The third-order valence-electron chi connectivity index (χ3n) is 3.84. The van der Waals surface area contributed by atoms with E-state index in [-0.39, 0.29) is 5.82 Å². The van der Waals surface area contributed by atoms with Gasteiger partial charge in [-0.05, 0) is 38.4 Å². The summed E-state index contributed by atoms with van der Waals surface area (Å²) in [6.45, 7) is 5.43. The van der Waals surface area contributed by atoms with Crippen molar-refractivity contribution in [2.75, 3.05) is 19.7 Å². The smallest absolute Gasteiger partial charge is 0.165 e. The molecule has 0 N–H and O–H groups in total. The molecule has 1 aromatic carbocycles. The number of aromatic nitrogens is 2. The molecule has 0 bridgehead atoms. The Morgan fingerprint density at radius 1 is 1.36 bits per heavy atom. The molecule has 1 fully saturated rings. The van der Waals surface area contributed by atoms with Crippen LogP contribution in [0.2, 0.25) is 0 Å². The van der Waals surface area contributed by atoms with Gasteiger partial charge in [0.15, 0.2) is 11.6 Å². The molecule has 0 radical (unpaired) electrons. The zero-order valence-electron chi connectivity index (χ0n) is 12.7. The van der Waals surface area contributed by atoms with Gasteiger partial charge in [0.25, 0.3) is 0 Å². The lowest BCUT2D eigenvalue weighted by molar-refractivity contribution is 0.123. The van der Waals surface area contributed by atoms with Crippen LogP contribution >= 0.6 is 11.3 Å². The zero-order valence-corrected chi connectivity index (χ0v) is 13.5. The van der Waals surface area contributed by atoms with Crippen molar-refractivity contribution in [2.24, 2.45) is 5.92 Å². The average molecular weight is 321 g/mol. The van der Waals surface area contributed by atoms with Gasteiger partial charge >= 0.3 is 0 Å². The highest BCUT2D eigenvalue weighted by Gasteiger charge is 2.21. The summed E-state index contributed by atoms with van der Waals surface area (Å²) in [4.78, 5) is 2.39. The van der Waals surface area contributed by atoms with Crippen LogP contribution in [0.25, 0.3) is 0 Å². The summed E-state index contributed by atoms with van der Waals surface area (Å²) >= 11 is 1.65. The largest absolute Gasteiger partial charge is 0.490 e. The van der Waals surface area contributed by atoms with Crippen LogP contribution in [0.4, 0.5) is 4.39 Å². The summed E-state index contributed by atoms with van der Waals surface area (Å²) in [6.07, 6.45) is 2.27. The zero-order chi connectivity index (χ0) is 15.4. The lowest BCUT2D eigenvalue weighted by Gasteiger charge is -2.31. The SMILES string of the molecule is Cc1nnc(CN2CCC[C@H](COc3ccccc3F)C2)s1. The van der Waals surface area contributed by atoms with E-state index in [1.807, 2.05) is 6.92 Å². The van der Waals surface area contributed by atoms with E-state index in [1.54, 1.807) is 29.5 Å². The molecule has 3 rings (SSSR count). The van der Waals surface area contributed by atoms with Crippen LogP contribution in [-0.4, -0.2) is 34.8 Å². The first-order chi connectivity index (χ1) is 10.7. The molecule has 2 aromatic rings. The molecule has 0 saturated carbocycles. The van der Waals surface area contributed by atoms with E-state index in [9.17, 15) is 4.39 Å². The molecule has 1 aromatic heterocycles. The minimum absolute atomic E-state index is 0.292. The summed E-state index contributed by atoms with van der Waals surface area (Å²) in [6, 6.07) is 6.58. The molecule has 1 aliphatic rings. The fraction of sp³-hybridized carbons (Fsp3) is 0.500.